The molecule has 2 aromatic heterocycles. The van der Waals surface area contributed by atoms with E-state index in [9.17, 15) is 19.2 Å². The number of carbonyl (C=O) groups excluding carboxylic acids is 4. The second-order valence-corrected chi connectivity index (χ2v) is 9.98. The first-order chi connectivity index (χ1) is 16.1. The highest BCUT2D eigenvalue weighted by Gasteiger charge is 2.40. The maximum absolute atomic E-state index is 13.2. The van der Waals surface area contributed by atoms with Gasteiger partial charge in [0.2, 0.25) is 0 Å². The van der Waals surface area contributed by atoms with Crippen molar-refractivity contribution in [1.29, 1.82) is 0 Å². The molecule has 0 aromatic carbocycles. The normalized spacial score (nSPS) is 18.2. The van der Waals surface area contributed by atoms with Crippen LogP contribution in [0, 0.1) is 27.7 Å². The van der Waals surface area contributed by atoms with Gasteiger partial charge in [-0.3, -0.25) is 19.8 Å². The van der Waals surface area contributed by atoms with Crippen LogP contribution in [0.4, 0.5) is 4.79 Å². The summed E-state index contributed by atoms with van der Waals surface area (Å²) in [4.78, 5) is 53.1. The molecule has 8 nitrogen and oxygen atoms in total. The van der Waals surface area contributed by atoms with Crippen molar-refractivity contribution in [2.75, 3.05) is 6.61 Å². The van der Waals surface area contributed by atoms with Crippen LogP contribution in [-0.2, 0) is 14.3 Å². The third kappa shape index (κ3) is 3.98. The number of imide groups is 2. The first-order valence-electron chi connectivity index (χ1n) is 11.5. The molecule has 0 bridgehead atoms. The van der Waals surface area contributed by atoms with Crippen molar-refractivity contribution in [1.82, 2.24) is 14.8 Å². The molecule has 1 N–H and O–H groups in total. The Kier molecular flexibility index (Phi) is 6.49. The molecular formula is C25H29N3O5S. The number of hydrogen-bond acceptors (Lipinski definition) is 6. The molecule has 180 valence electrons. The van der Waals surface area contributed by atoms with Crippen LogP contribution in [0.2, 0.25) is 0 Å². The van der Waals surface area contributed by atoms with Crippen LogP contribution >= 0.6 is 11.3 Å². The van der Waals surface area contributed by atoms with Crippen molar-refractivity contribution in [2.24, 2.45) is 0 Å². The van der Waals surface area contributed by atoms with Crippen molar-refractivity contribution in [3.05, 3.63) is 44.6 Å². The molecule has 0 atom stereocenters. The summed E-state index contributed by atoms with van der Waals surface area (Å²) in [5.74, 6) is -1.62. The summed E-state index contributed by atoms with van der Waals surface area (Å²) in [6, 6.07) is 1.05. The third-order valence-electron chi connectivity index (χ3n) is 6.64. The average Bonchev–Trinajstić information content (AvgIpc) is 3.45. The minimum Gasteiger partial charge on any atom is -0.462 e. The Labute approximate surface area is 202 Å². The number of rotatable bonds is 5. The highest BCUT2D eigenvalue weighted by molar-refractivity contribution is 7.15. The molecule has 1 aliphatic carbocycles. The molecule has 4 rings (SSSR count). The van der Waals surface area contributed by atoms with Gasteiger partial charge in [-0.2, -0.15) is 0 Å². The van der Waals surface area contributed by atoms with Gasteiger partial charge < -0.3 is 9.30 Å². The number of nitrogens with one attached hydrogen (secondary N) is 1. The number of nitrogens with zero attached hydrogens (tertiary/aromatic N) is 2. The third-order valence-corrected chi connectivity index (χ3v) is 7.83. The van der Waals surface area contributed by atoms with Crippen molar-refractivity contribution >= 4 is 41.2 Å². The van der Waals surface area contributed by atoms with Crippen LogP contribution < -0.4 is 5.32 Å². The number of hydrogen-bond donors (Lipinski definition) is 1. The number of aromatic nitrogens is 1. The van der Waals surface area contributed by atoms with Crippen LogP contribution in [0.1, 0.15) is 70.4 Å². The number of thiophene rings is 1. The van der Waals surface area contributed by atoms with Crippen LogP contribution in [0.5, 0.6) is 0 Å². The Morgan fingerprint density at radius 1 is 1.18 bits per heavy atom. The van der Waals surface area contributed by atoms with E-state index in [4.69, 9.17) is 4.74 Å². The Morgan fingerprint density at radius 3 is 2.50 bits per heavy atom. The van der Waals surface area contributed by atoms with Gasteiger partial charge in [-0.1, -0.05) is 12.8 Å². The van der Waals surface area contributed by atoms with E-state index < -0.39 is 17.8 Å². The van der Waals surface area contributed by atoms with E-state index in [0.29, 0.717) is 11.1 Å². The van der Waals surface area contributed by atoms with Gasteiger partial charge in [0.05, 0.1) is 12.2 Å². The number of carbonyl (C=O) groups is 4. The van der Waals surface area contributed by atoms with Crippen molar-refractivity contribution in [2.45, 2.75) is 66.3 Å². The molecular weight excluding hydrogens is 454 g/mol. The zero-order valence-corrected chi connectivity index (χ0v) is 20.9. The molecule has 2 aromatic rings. The lowest BCUT2D eigenvalue weighted by Crippen LogP contribution is -2.57. The van der Waals surface area contributed by atoms with Crippen LogP contribution in [0.25, 0.3) is 11.1 Å². The molecule has 1 saturated carbocycles. The SMILES string of the molecule is CCOC(=O)c1c(-n2c(C)cc(/C=C3\C(=O)NC(=O)N(C4CCCC4)C3=O)c2C)sc(C)c1C. The van der Waals surface area contributed by atoms with E-state index in [0.717, 1.165) is 52.5 Å². The van der Waals surface area contributed by atoms with Gasteiger partial charge in [-0.25, -0.2) is 9.59 Å². The maximum atomic E-state index is 13.2. The Bertz CT molecular complexity index is 1230. The standard InChI is InChI=1S/C25H29N3O5S/c1-6-33-24(31)20-14(3)16(5)34-23(20)27-13(2)11-17(15(27)4)12-19-21(29)26-25(32)28(22(19)30)18-9-7-8-10-18/h11-12,18H,6-10H2,1-5H3,(H,26,29,32)/b19-12+. The highest BCUT2D eigenvalue weighted by Crippen LogP contribution is 2.35. The first-order valence-corrected chi connectivity index (χ1v) is 12.3. The summed E-state index contributed by atoms with van der Waals surface area (Å²) < 4.78 is 7.25. The van der Waals surface area contributed by atoms with Crippen LogP contribution in [0.3, 0.4) is 0 Å². The predicted molar refractivity (Wildman–Crippen MR) is 129 cm³/mol. The summed E-state index contributed by atoms with van der Waals surface area (Å²) in [6.07, 6.45) is 4.96. The second-order valence-electron chi connectivity index (χ2n) is 8.78. The van der Waals surface area contributed by atoms with E-state index in [2.05, 4.69) is 5.32 Å². The number of ether oxygens (including phenoxy) is 1. The first kappa shape index (κ1) is 23.9. The number of urea groups is 1. The lowest BCUT2D eigenvalue weighted by Gasteiger charge is -2.31. The number of amides is 4. The fourth-order valence-corrected chi connectivity index (χ4v) is 6.03. The molecule has 1 aliphatic heterocycles. The lowest BCUT2D eigenvalue weighted by atomic mass is 10.1. The van der Waals surface area contributed by atoms with Gasteiger partial charge in [0.1, 0.15) is 10.6 Å². The predicted octanol–water partition coefficient (Wildman–Crippen LogP) is 4.35. The van der Waals surface area contributed by atoms with Crippen molar-refractivity contribution in [3.63, 3.8) is 0 Å². The molecule has 0 unspecified atom stereocenters. The monoisotopic (exact) mass is 483 g/mol. The van der Waals surface area contributed by atoms with Gasteiger partial charge >= 0.3 is 12.0 Å². The zero-order chi connectivity index (χ0) is 24.7. The molecule has 1 saturated heterocycles. The van der Waals surface area contributed by atoms with Gasteiger partial charge in [0, 0.05) is 22.3 Å². The average molecular weight is 484 g/mol. The van der Waals surface area contributed by atoms with Crippen LogP contribution in [0.15, 0.2) is 11.6 Å². The molecule has 0 radical (unpaired) electrons. The van der Waals surface area contributed by atoms with Gasteiger partial charge in [-0.15, -0.1) is 11.3 Å². The summed E-state index contributed by atoms with van der Waals surface area (Å²) in [6.45, 7) is 9.70. The zero-order valence-electron chi connectivity index (χ0n) is 20.1. The molecule has 2 fully saturated rings. The molecule has 9 heteroatoms. The topological polar surface area (TPSA) is 97.7 Å². The van der Waals surface area contributed by atoms with E-state index in [-0.39, 0.29) is 24.2 Å². The Balaban J connectivity index is 1.77. The van der Waals surface area contributed by atoms with Crippen molar-refractivity contribution in [3.8, 4) is 5.00 Å². The minimum atomic E-state index is -0.691. The summed E-state index contributed by atoms with van der Waals surface area (Å²) >= 11 is 1.50. The van der Waals surface area contributed by atoms with E-state index >= 15 is 0 Å². The number of aryl methyl sites for hydroxylation is 2. The van der Waals surface area contributed by atoms with E-state index in [1.165, 1.54) is 16.2 Å². The van der Waals surface area contributed by atoms with E-state index in [1.807, 2.05) is 38.3 Å². The summed E-state index contributed by atoms with van der Waals surface area (Å²) in [5.41, 5.74) is 3.64. The molecule has 2 aliphatic rings. The number of barbiturate groups is 1. The van der Waals surface area contributed by atoms with Gasteiger partial charge in [0.25, 0.3) is 11.8 Å². The van der Waals surface area contributed by atoms with E-state index in [1.54, 1.807) is 13.0 Å². The molecule has 3 heterocycles. The van der Waals surface area contributed by atoms with Gasteiger partial charge in [0.15, 0.2) is 0 Å². The largest absolute Gasteiger partial charge is 0.462 e. The van der Waals surface area contributed by atoms with Gasteiger partial charge in [-0.05, 0) is 70.7 Å². The lowest BCUT2D eigenvalue weighted by molar-refractivity contribution is -0.131. The molecule has 0 spiro atoms. The maximum Gasteiger partial charge on any atom is 0.341 e. The fraction of sp³-hybridized carbons (Fsp3) is 0.440. The molecule has 4 amide bonds. The fourth-order valence-electron chi connectivity index (χ4n) is 4.78. The second kappa shape index (κ2) is 9.21. The van der Waals surface area contributed by atoms with Crippen LogP contribution in [-0.4, -0.2) is 45.9 Å². The quantitative estimate of drug-likeness (QED) is 0.387. The molecule has 34 heavy (non-hydrogen) atoms. The minimum absolute atomic E-state index is 0.0593. The summed E-state index contributed by atoms with van der Waals surface area (Å²) in [5, 5.41) is 3.07. The number of esters is 1. The Morgan fingerprint density at radius 2 is 1.85 bits per heavy atom. The summed E-state index contributed by atoms with van der Waals surface area (Å²) in [7, 11) is 0. The highest BCUT2D eigenvalue weighted by atomic mass is 32.1. The smallest absolute Gasteiger partial charge is 0.341 e. The van der Waals surface area contributed by atoms with Crippen molar-refractivity contribution < 1.29 is 23.9 Å². The Hall–Kier alpha value is -3.20.